The van der Waals surface area contributed by atoms with Crippen molar-refractivity contribution in [2.75, 3.05) is 25.6 Å². The molecule has 1 aromatic heterocycles. The van der Waals surface area contributed by atoms with Gasteiger partial charge in [0.05, 0.1) is 17.7 Å². The van der Waals surface area contributed by atoms with Crippen LogP contribution in [0.3, 0.4) is 0 Å². The Morgan fingerprint density at radius 1 is 0.971 bits per heavy atom. The van der Waals surface area contributed by atoms with Crippen molar-refractivity contribution >= 4 is 33.0 Å². The summed E-state index contributed by atoms with van der Waals surface area (Å²) in [5, 5.41) is 3.19. The Labute approximate surface area is 201 Å². The predicted molar refractivity (Wildman–Crippen MR) is 126 cm³/mol. The molecule has 0 unspecified atom stereocenters. The van der Waals surface area contributed by atoms with Crippen molar-refractivity contribution < 1.29 is 27.0 Å². The lowest BCUT2D eigenvalue weighted by atomic mass is 10.2. The van der Waals surface area contributed by atoms with Gasteiger partial charge >= 0.3 is 0 Å². The van der Waals surface area contributed by atoms with Gasteiger partial charge in [0.1, 0.15) is 19.0 Å². The zero-order valence-electron chi connectivity index (χ0n) is 17.9. The first-order valence-electron chi connectivity index (χ1n) is 10.3. The van der Waals surface area contributed by atoms with E-state index in [1.165, 1.54) is 19.2 Å². The van der Waals surface area contributed by atoms with E-state index < -0.39 is 9.84 Å². The minimum atomic E-state index is -4.12. The van der Waals surface area contributed by atoms with Crippen LogP contribution in [0.2, 0.25) is 5.02 Å². The van der Waals surface area contributed by atoms with Crippen molar-refractivity contribution in [2.24, 2.45) is 0 Å². The summed E-state index contributed by atoms with van der Waals surface area (Å²) in [5.74, 6) is 1.37. The number of halogens is 1. The monoisotopic (exact) mass is 498 g/mol. The molecule has 3 aromatic carbocycles. The highest BCUT2D eigenvalue weighted by Gasteiger charge is 2.30. The van der Waals surface area contributed by atoms with E-state index in [0.29, 0.717) is 46.7 Å². The van der Waals surface area contributed by atoms with Crippen molar-refractivity contribution in [3.8, 4) is 28.7 Å². The number of oxazole rings is 1. The van der Waals surface area contributed by atoms with Crippen LogP contribution in [0, 0.1) is 0 Å². The van der Waals surface area contributed by atoms with E-state index in [4.69, 9.17) is 30.2 Å². The molecule has 10 heteroatoms. The fraction of sp³-hybridized carbons (Fsp3) is 0.125. The number of sulfone groups is 1. The molecule has 1 aliphatic heterocycles. The van der Waals surface area contributed by atoms with Gasteiger partial charge < -0.3 is 23.9 Å². The first-order valence-corrected chi connectivity index (χ1v) is 12.1. The van der Waals surface area contributed by atoms with E-state index in [1.54, 1.807) is 54.6 Å². The molecule has 1 aliphatic rings. The Morgan fingerprint density at radius 2 is 1.76 bits per heavy atom. The topological polar surface area (TPSA) is 99.9 Å². The Hall–Kier alpha value is -3.69. The molecule has 0 saturated carbocycles. The third-order valence-electron chi connectivity index (χ3n) is 5.10. The summed E-state index contributed by atoms with van der Waals surface area (Å²) in [6, 6.07) is 18.3. The number of para-hydroxylation sites is 2. The molecular formula is C24H19ClN2O6S. The number of anilines is 2. The summed E-state index contributed by atoms with van der Waals surface area (Å²) in [7, 11) is -2.60. The van der Waals surface area contributed by atoms with Gasteiger partial charge in [0.2, 0.25) is 26.6 Å². The Balaban J connectivity index is 1.64. The highest BCUT2D eigenvalue weighted by atomic mass is 35.5. The Kier molecular flexibility index (Phi) is 5.80. The lowest BCUT2D eigenvalue weighted by Gasteiger charge is -2.18. The molecule has 4 aromatic rings. The molecule has 0 atom stereocenters. The number of hydrogen-bond acceptors (Lipinski definition) is 8. The van der Waals surface area contributed by atoms with Gasteiger partial charge in [0.15, 0.2) is 11.5 Å². The summed E-state index contributed by atoms with van der Waals surface area (Å²) in [6.45, 7) is 0.734. The molecule has 174 valence electrons. The second-order valence-corrected chi connectivity index (χ2v) is 9.60. The molecule has 0 fully saturated rings. The summed E-state index contributed by atoms with van der Waals surface area (Å²) in [6.07, 6.45) is 0. The lowest BCUT2D eigenvalue weighted by Crippen LogP contribution is -2.16. The first kappa shape index (κ1) is 22.1. The molecular weight excluding hydrogens is 480 g/mol. The summed E-state index contributed by atoms with van der Waals surface area (Å²) < 4.78 is 49.7. The van der Waals surface area contributed by atoms with Crippen LogP contribution in [0.4, 0.5) is 11.6 Å². The molecule has 0 aliphatic carbocycles. The zero-order valence-corrected chi connectivity index (χ0v) is 19.5. The van der Waals surface area contributed by atoms with Crippen molar-refractivity contribution in [3.05, 3.63) is 71.8 Å². The highest BCUT2D eigenvalue weighted by Crippen LogP contribution is 2.39. The summed E-state index contributed by atoms with van der Waals surface area (Å²) in [5.41, 5.74) is 1.04. The van der Waals surface area contributed by atoms with Crippen molar-refractivity contribution in [1.82, 2.24) is 4.98 Å². The number of methoxy groups -OCH3 is 1. The van der Waals surface area contributed by atoms with E-state index in [2.05, 4.69) is 10.3 Å². The number of benzene rings is 3. The molecule has 0 radical (unpaired) electrons. The van der Waals surface area contributed by atoms with Crippen LogP contribution in [-0.4, -0.2) is 33.7 Å². The maximum absolute atomic E-state index is 13.7. The van der Waals surface area contributed by atoms with Crippen molar-refractivity contribution in [2.45, 2.75) is 9.92 Å². The summed E-state index contributed by atoms with van der Waals surface area (Å²) >= 11 is 6.12. The Morgan fingerprint density at radius 3 is 2.56 bits per heavy atom. The largest absolute Gasteiger partial charge is 0.495 e. The Bertz CT molecular complexity index is 1470. The van der Waals surface area contributed by atoms with Crippen LogP contribution in [0.1, 0.15) is 0 Å². The second kappa shape index (κ2) is 8.92. The van der Waals surface area contributed by atoms with E-state index in [9.17, 15) is 8.42 Å². The van der Waals surface area contributed by atoms with Gasteiger partial charge in [-0.15, -0.1) is 0 Å². The van der Waals surface area contributed by atoms with E-state index in [0.717, 1.165) is 0 Å². The molecule has 0 saturated heterocycles. The number of aromatic nitrogens is 1. The van der Waals surface area contributed by atoms with E-state index in [1.807, 2.05) is 0 Å². The first-order chi connectivity index (χ1) is 16.5. The predicted octanol–water partition coefficient (Wildman–Crippen LogP) is 5.35. The number of ether oxygens (including phenoxy) is 3. The highest BCUT2D eigenvalue weighted by molar-refractivity contribution is 7.91. The van der Waals surface area contributed by atoms with E-state index >= 15 is 0 Å². The minimum absolute atomic E-state index is 0.00855. The molecule has 8 nitrogen and oxygen atoms in total. The van der Waals surface area contributed by atoms with Crippen LogP contribution >= 0.6 is 11.6 Å². The molecule has 0 bridgehead atoms. The van der Waals surface area contributed by atoms with Gasteiger partial charge in [-0.05, 0) is 42.5 Å². The number of nitrogens with one attached hydrogen (secondary N) is 1. The van der Waals surface area contributed by atoms with Gasteiger partial charge in [-0.25, -0.2) is 8.42 Å². The van der Waals surface area contributed by atoms with Gasteiger partial charge in [0, 0.05) is 16.7 Å². The molecule has 2 heterocycles. The lowest BCUT2D eigenvalue weighted by molar-refractivity contribution is 0.171. The molecule has 5 rings (SSSR count). The number of rotatable bonds is 6. The van der Waals surface area contributed by atoms with Crippen molar-refractivity contribution in [1.29, 1.82) is 0 Å². The summed E-state index contributed by atoms with van der Waals surface area (Å²) in [4.78, 5) is 4.34. The number of nitrogens with zero attached hydrogens (tertiary/aromatic N) is 1. The average Bonchev–Trinajstić information content (AvgIpc) is 3.29. The van der Waals surface area contributed by atoms with E-state index in [-0.39, 0.29) is 21.7 Å². The smallest absolute Gasteiger partial charge is 0.238 e. The zero-order chi connectivity index (χ0) is 23.7. The molecule has 1 N–H and O–H groups in total. The normalized spacial score (nSPS) is 12.9. The van der Waals surface area contributed by atoms with Gasteiger partial charge in [-0.1, -0.05) is 29.8 Å². The second-order valence-electron chi connectivity index (χ2n) is 7.30. The molecule has 0 amide bonds. The van der Waals surface area contributed by atoms with Crippen LogP contribution in [-0.2, 0) is 9.84 Å². The maximum Gasteiger partial charge on any atom is 0.238 e. The van der Waals surface area contributed by atoms with Crippen molar-refractivity contribution in [3.63, 3.8) is 0 Å². The maximum atomic E-state index is 13.7. The number of hydrogen-bond donors (Lipinski definition) is 1. The van der Waals surface area contributed by atoms with Crippen LogP contribution in [0.15, 0.2) is 81.1 Å². The quantitative estimate of drug-likeness (QED) is 0.379. The van der Waals surface area contributed by atoms with Gasteiger partial charge in [0.25, 0.3) is 0 Å². The van der Waals surface area contributed by atoms with Gasteiger partial charge in [-0.2, -0.15) is 4.98 Å². The van der Waals surface area contributed by atoms with Crippen LogP contribution in [0.25, 0.3) is 11.5 Å². The third-order valence-corrected chi connectivity index (χ3v) is 7.00. The van der Waals surface area contributed by atoms with Gasteiger partial charge in [-0.3, -0.25) is 0 Å². The standard InChI is InChI=1S/C24H19ClN2O6S/c1-30-19-8-3-2-7-18(19)26-23-24(27-22(33-23)15-5-4-6-16(25)13-15)34(28,29)17-9-10-20-21(14-17)32-12-11-31-20/h2-10,13-14,26H,11-12H2,1H3. The minimum Gasteiger partial charge on any atom is -0.495 e. The third kappa shape index (κ3) is 4.15. The van der Waals surface area contributed by atoms with Crippen LogP contribution in [0.5, 0.6) is 17.2 Å². The average molecular weight is 499 g/mol. The number of fused-ring (bicyclic) bond motifs is 1. The molecule has 34 heavy (non-hydrogen) atoms. The fourth-order valence-corrected chi connectivity index (χ4v) is 4.95. The SMILES string of the molecule is COc1ccccc1Nc1oc(-c2cccc(Cl)c2)nc1S(=O)(=O)c1ccc2c(c1)OCCO2. The van der Waals surface area contributed by atoms with Crippen LogP contribution < -0.4 is 19.5 Å². The molecule has 0 spiro atoms. The fourth-order valence-electron chi connectivity index (χ4n) is 3.48.